The van der Waals surface area contributed by atoms with Gasteiger partial charge in [-0.25, -0.2) is 9.50 Å². The van der Waals surface area contributed by atoms with Crippen LogP contribution in [0.5, 0.6) is 0 Å². The number of nitrogens with zero attached hydrogens (tertiary/aromatic N) is 4. The second kappa shape index (κ2) is 6.67. The van der Waals surface area contributed by atoms with E-state index in [-0.39, 0.29) is 5.91 Å². The molecule has 0 aromatic carbocycles. The van der Waals surface area contributed by atoms with E-state index < -0.39 is 0 Å². The Bertz CT molecular complexity index is 841. The molecule has 120 valence electrons. The molecule has 0 saturated carbocycles. The Morgan fingerprint density at radius 3 is 2.91 bits per heavy atom. The van der Waals surface area contributed by atoms with Crippen LogP contribution >= 0.6 is 23.1 Å². The lowest BCUT2D eigenvalue weighted by Crippen LogP contribution is -2.24. The summed E-state index contributed by atoms with van der Waals surface area (Å²) >= 11 is 2.95. The lowest BCUT2D eigenvalue weighted by molar-refractivity contribution is -0.118. The zero-order chi connectivity index (χ0) is 16.4. The average Bonchev–Trinajstić information content (AvgIpc) is 3.18. The van der Waals surface area contributed by atoms with Gasteiger partial charge in [-0.1, -0.05) is 17.8 Å². The van der Waals surface area contributed by atoms with E-state index in [1.165, 1.54) is 11.8 Å². The summed E-state index contributed by atoms with van der Waals surface area (Å²) in [6.07, 6.45) is 0. The van der Waals surface area contributed by atoms with Gasteiger partial charge < -0.3 is 5.32 Å². The number of aromatic nitrogens is 4. The minimum Gasteiger partial charge on any atom is -0.350 e. The SMILES string of the molecule is Cc1nc2nc(SCC(=O)NCc3cccs3)nn2c(C)c1C. The van der Waals surface area contributed by atoms with Gasteiger partial charge in [-0.05, 0) is 37.8 Å². The molecule has 0 spiro atoms. The second-order valence-electron chi connectivity index (χ2n) is 5.16. The normalized spacial score (nSPS) is 11.1. The van der Waals surface area contributed by atoms with Crippen LogP contribution in [0.2, 0.25) is 0 Å². The highest BCUT2D eigenvalue weighted by atomic mass is 32.2. The minimum atomic E-state index is -0.0284. The van der Waals surface area contributed by atoms with Crippen molar-refractivity contribution in [2.45, 2.75) is 32.5 Å². The second-order valence-corrected chi connectivity index (χ2v) is 7.13. The number of fused-ring (bicyclic) bond motifs is 1. The largest absolute Gasteiger partial charge is 0.350 e. The molecule has 0 bridgehead atoms. The highest BCUT2D eigenvalue weighted by molar-refractivity contribution is 7.99. The molecule has 3 rings (SSSR count). The molecule has 3 aromatic rings. The van der Waals surface area contributed by atoms with Crippen molar-refractivity contribution in [2.75, 3.05) is 5.75 Å². The number of carbonyl (C=O) groups excluding carboxylic acids is 1. The fourth-order valence-corrected chi connectivity index (χ4v) is 3.37. The summed E-state index contributed by atoms with van der Waals surface area (Å²) in [5.74, 6) is 0.839. The van der Waals surface area contributed by atoms with E-state index in [4.69, 9.17) is 0 Å². The molecule has 3 aromatic heterocycles. The van der Waals surface area contributed by atoms with Crippen LogP contribution in [0.4, 0.5) is 0 Å². The summed E-state index contributed by atoms with van der Waals surface area (Å²) in [5, 5.41) is 9.88. The van der Waals surface area contributed by atoms with Gasteiger partial charge in [0.05, 0.1) is 12.3 Å². The third-order valence-corrected chi connectivity index (χ3v) is 5.33. The summed E-state index contributed by atoms with van der Waals surface area (Å²) in [7, 11) is 0. The lowest BCUT2D eigenvalue weighted by atomic mass is 10.2. The lowest BCUT2D eigenvalue weighted by Gasteiger charge is -2.04. The van der Waals surface area contributed by atoms with E-state index in [9.17, 15) is 4.79 Å². The number of rotatable bonds is 5. The number of thioether (sulfide) groups is 1. The molecule has 0 radical (unpaired) electrons. The highest BCUT2D eigenvalue weighted by Gasteiger charge is 2.12. The smallest absolute Gasteiger partial charge is 0.253 e. The fraction of sp³-hybridized carbons (Fsp3) is 0.333. The van der Waals surface area contributed by atoms with Crippen LogP contribution in [0.25, 0.3) is 5.78 Å². The van der Waals surface area contributed by atoms with Crippen molar-refractivity contribution in [1.29, 1.82) is 0 Å². The van der Waals surface area contributed by atoms with Gasteiger partial charge in [-0.15, -0.1) is 16.4 Å². The van der Waals surface area contributed by atoms with Gasteiger partial charge in [0.1, 0.15) is 0 Å². The maximum atomic E-state index is 11.9. The number of thiophene rings is 1. The first-order chi connectivity index (χ1) is 11.0. The van der Waals surface area contributed by atoms with E-state index in [0.717, 1.165) is 21.8 Å². The van der Waals surface area contributed by atoms with E-state index in [1.807, 2.05) is 38.3 Å². The highest BCUT2D eigenvalue weighted by Crippen LogP contribution is 2.17. The molecule has 1 amide bonds. The zero-order valence-electron chi connectivity index (χ0n) is 13.2. The van der Waals surface area contributed by atoms with Crippen LogP contribution in [-0.4, -0.2) is 31.2 Å². The molecule has 3 heterocycles. The number of aryl methyl sites for hydroxylation is 2. The first-order valence-corrected chi connectivity index (χ1v) is 9.03. The van der Waals surface area contributed by atoms with Crippen molar-refractivity contribution in [3.63, 3.8) is 0 Å². The van der Waals surface area contributed by atoms with Gasteiger partial charge in [0, 0.05) is 16.3 Å². The van der Waals surface area contributed by atoms with Crippen LogP contribution in [0, 0.1) is 20.8 Å². The van der Waals surface area contributed by atoms with Crippen molar-refractivity contribution in [3.05, 3.63) is 39.3 Å². The van der Waals surface area contributed by atoms with Gasteiger partial charge in [0.25, 0.3) is 5.78 Å². The first kappa shape index (κ1) is 15.9. The van der Waals surface area contributed by atoms with Crippen LogP contribution < -0.4 is 5.32 Å². The number of hydrogen-bond acceptors (Lipinski definition) is 6. The van der Waals surface area contributed by atoms with Gasteiger partial charge in [-0.3, -0.25) is 4.79 Å². The van der Waals surface area contributed by atoms with Gasteiger partial charge in [-0.2, -0.15) is 4.98 Å². The number of amides is 1. The quantitative estimate of drug-likeness (QED) is 0.718. The molecule has 0 aliphatic heterocycles. The summed E-state index contributed by atoms with van der Waals surface area (Å²) < 4.78 is 1.73. The summed E-state index contributed by atoms with van der Waals surface area (Å²) in [4.78, 5) is 21.8. The van der Waals surface area contributed by atoms with Gasteiger partial charge >= 0.3 is 0 Å². The molecule has 0 aliphatic rings. The maximum Gasteiger partial charge on any atom is 0.253 e. The van der Waals surface area contributed by atoms with Crippen molar-refractivity contribution < 1.29 is 4.79 Å². The molecule has 1 N–H and O–H groups in total. The standard InChI is InChI=1S/C15H17N5OS2/c1-9-10(2)17-14-18-15(19-20(14)11(9)3)23-8-13(21)16-7-12-5-4-6-22-12/h4-6H,7-8H2,1-3H3,(H,16,21). The van der Waals surface area contributed by atoms with Crippen LogP contribution in [-0.2, 0) is 11.3 Å². The van der Waals surface area contributed by atoms with E-state index in [0.29, 0.717) is 23.2 Å². The molecule has 0 aliphatic carbocycles. The van der Waals surface area contributed by atoms with Crippen LogP contribution in [0.1, 0.15) is 21.8 Å². The Morgan fingerprint density at radius 2 is 2.17 bits per heavy atom. The predicted molar refractivity (Wildman–Crippen MR) is 91.9 cm³/mol. The maximum absolute atomic E-state index is 11.9. The molecule has 0 saturated heterocycles. The molecular weight excluding hydrogens is 330 g/mol. The molecule has 0 fully saturated rings. The molecule has 0 unspecified atom stereocenters. The Kier molecular flexibility index (Phi) is 4.63. The average molecular weight is 347 g/mol. The Hall–Kier alpha value is -1.93. The number of carbonyl (C=O) groups is 1. The van der Waals surface area contributed by atoms with Gasteiger partial charge in [0.15, 0.2) is 0 Å². The van der Waals surface area contributed by atoms with Crippen molar-refractivity contribution >= 4 is 34.8 Å². The Labute approximate surface area is 142 Å². The summed E-state index contributed by atoms with van der Waals surface area (Å²) in [6, 6.07) is 3.97. The van der Waals surface area contributed by atoms with E-state index in [1.54, 1.807) is 15.9 Å². The predicted octanol–water partition coefficient (Wildman–Crippen LogP) is 2.52. The third-order valence-electron chi connectivity index (χ3n) is 3.61. The topological polar surface area (TPSA) is 72.2 Å². The fourth-order valence-electron chi connectivity index (χ4n) is 2.08. The Balaban J connectivity index is 1.63. The molecule has 0 atom stereocenters. The molecule has 23 heavy (non-hydrogen) atoms. The molecule has 6 nitrogen and oxygen atoms in total. The van der Waals surface area contributed by atoms with Crippen LogP contribution in [0.3, 0.4) is 0 Å². The monoisotopic (exact) mass is 347 g/mol. The van der Waals surface area contributed by atoms with Crippen molar-refractivity contribution in [1.82, 2.24) is 24.9 Å². The Morgan fingerprint density at radius 1 is 1.35 bits per heavy atom. The third kappa shape index (κ3) is 3.53. The molecule has 8 heteroatoms. The summed E-state index contributed by atoms with van der Waals surface area (Å²) in [5.41, 5.74) is 3.08. The molecular formula is C15H17N5OS2. The van der Waals surface area contributed by atoms with Crippen molar-refractivity contribution in [2.24, 2.45) is 0 Å². The minimum absolute atomic E-state index is 0.0284. The summed E-state index contributed by atoms with van der Waals surface area (Å²) in [6.45, 7) is 6.54. The number of hydrogen-bond donors (Lipinski definition) is 1. The van der Waals surface area contributed by atoms with E-state index >= 15 is 0 Å². The number of nitrogens with one attached hydrogen (secondary N) is 1. The van der Waals surface area contributed by atoms with Crippen molar-refractivity contribution in [3.8, 4) is 0 Å². The van der Waals surface area contributed by atoms with Crippen LogP contribution in [0.15, 0.2) is 22.7 Å². The first-order valence-electron chi connectivity index (χ1n) is 7.17. The van der Waals surface area contributed by atoms with Gasteiger partial charge in [0.2, 0.25) is 11.1 Å². The zero-order valence-corrected chi connectivity index (χ0v) is 14.8. The van der Waals surface area contributed by atoms with E-state index in [2.05, 4.69) is 20.4 Å².